The van der Waals surface area contributed by atoms with Crippen LogP contribution in [0.4, 0.5) is 5.82 Å². The molecule has 1 fully saturated rings. The molecule has 0 spiro atoms. The van der Waals surface area contributed by atoms with Crippen molar-refractivity contribution in [1.82, 2.24) is 14.8 Å². The number of carbonyl (C=O) groups is 1. The number of nitrogens with two attached hydrogens (primary N) is 1. The second-order valence-corrected chi connectivity index (χ2v) is 5.71. The van der Waals surface area contributed by atoms with E-state index in [1.165, 1.54) is 0 Å². The zero-order valence-electron chi connectivity index (χ0n) is 11.4. The predicted molar refractivity (Wildman–Crippen MR) is 76.2 cm³/mol. The SMILES string of the molecule is CC1CN(C(=O)c2cc(N)nc(Cl)c2)CC1N(C)C. The molecule has 1 aromatic heterocycles. The van der Waals surface area contributed by atoms with Crippen molar-refractivity contribution in [2.75, 3.05) is 32.9 Å². The summed E-state index contributed by atoms with van der Waals surface area (Å²) in [6.45, 7) is 3.64. The standard InChI is InChI=1S/C13H19ClN4O/c1-8-6-18(7-10(8)17(2)3)13(19)9-4-11(14)16-12(15)5-9/h4-5,8,10H,6-7H2,1-3H3,(H2,15,16). The number of carbonyl (C=O) groups excluding carboxylic acids is 1. The van der Waals surface area contributed by atoms with Crippen LogP contribution in [0.2, 0.25) is 5.15 Å². The highest BCUT2D eigenvalue weighted by atomic mass is 35.5. The van der Waals surface area contributed by atoms with Crippen molar-refractivity contribution in [3.8, 4) is 0 Å². The molecule has 104 valence electrons. The summed E-state index contributed by atoms with van der Waals surface area (Å²) in [6.07, 6.45) is 0. The molecule has 2 heterocycles. The number of likely N-dealkylation sites (tertiary alicyclic amines) is 1. The lowest BCUT2D eigenvalue weighted by Gasteiger charge is -2.22. The van der Waals surface area contributed by atoms with Crippen molar-refractivity contribution in [2.24, 2.45) is 5.92 Å². The Hall–Kier alpha value is -1.33. The fourth-order valence-corrected chi connectivity index (χ4v) is 2.83. The van der Waals surface area contributed by atoms with Crippen LogP contribution in [-0.4, -0.2) is 53.9 Å². The van der Waals surface area contributed by atoms with Gasteiger partial charge in [0.15, 0.2) is 0 Å². The fraction of sp³-hybridized carbons (Fsp3) is 0.538. The number of amides is 1. The maximum absolute atomic E-state index is 12.4. The van der Waals surface area contributed by atoms with Gasteiger partial charge in [0.05, 0.1) is 0 Å². The van der Waals surface area contributed by atoms with Gasteiger partial charge in [0.2, 0.25) is 0 Å². The molecule has 1 aliphatic rings. The van der Waals surface area contributed by atoms with E-state index in [0.717, 1.165) is 13.1 Å². The number of likely N-dealkylation sites (N-methyl/N-ethyl adjacent to an activating group) is 1. The molecule has 2 atom stereocenters. The molecule has 2 rings (SSSR count). The van der Waals surface area contributed by atoms with Crippen LogP contribution in [0, 0.1) is 5.92 Å². The molecule has 2 N–H and O–H groups in total. The maximum Gasteiger partial charge on any atom is 0.254 e. The van der Waals surface area contributed by atoms with Crippen molar-refractivity contribution in [3.63, 3.8) is 0 Å². The highest BCUT2D eigenvalue weighted by Crippen LogP contribution is 2.23. The Labute approximate surface area is 118 Å². The molecule has 19 heavy (non-hydrogen) atoms. The smallest absolute Gasteiger partial charge is 0.254 e. The topological polar surface area (TPSA) is 62.5 Å². The predicted octanol–water partition coefficient (Wildman–Crippen LogP) is 1.34. The first-order valence-electron chi connectivity index (χ1n) is 6.27. The summed E-state index contributed by atoms with van der Waals surface area (Å²) in [5, 5.41) is 0.250. The van der Waals surface area contributed by atoms with Gasteiger partial charge in [0.25, 0.3) is 5.91 Å². The van der Waals surface area contributed by atoms with Gasteiger partial charge in [0.1, 0.15) is 11.0 Å². The Bertz CT molecular complexity index is 471. The molecular weight excluding hydrogens is 264 g/mol. The lowest BCUT2D eigenvalue weighted by molar-refractivity contribution is 0.0781. The van der Waals surface area contributed by atoms with Gasteiger partial charge in [-0.15, -0.1) is 0 Å². The molecule has 6 heteroatoms. The molecule has 5 nitrogen and oxygen atoms in total. The minimum absolute atomic E-state index is 0.0350. The Morgan fingerprint density at radius 1 is 1.47 bits per heavy atom. The molecule has 1 aromatic rings. The van der Waals surface area contributed by atoms with Gasteiger partial charge >= 0.3 is 0 Å². The van der Waals surface area contributed by atoms with Gasteiger partial charge in [-0.1, -0.05) is 18.5 Å². The number of halogens is 1. The third kappa shape index (κ3) is 2.98. The first-order valence-corrected chi connectivity index (χ1v) is 6.65. The first kappa shape index (κ1) is 14.1. The number of aromatic nitrogens is 1. The van der Waals surface area contributed by atoms with E-state index < -0.39 is 0 Å². The Balaban J connectivity index is 2.17. The molecule has 1 aliphatic heterocycles. The van der Waals surface area contributed by atoms with E-state index in [4.69, 9.17) is 17.3 Å². The highest BCUT2D eigenvalue weighted by molar-refractivity contribution is 6.29. The molecule has 0 aromatic carbocycles. The normalized spacial score (nSPS) is 23.1. The van der Waals surface area contributed by atoms with Crippen LogP contribution < -0.4 is 5.73 Å². The second kappa shape index (κ2) is 5.35. The van der Waals surface area contributed by atoms with Crippen LogP contribution in [0.25, 0.3) is 0 Å². The van der Waals surface area contributed by atoms with Crippen LogP contribution in [-0.2, 0) is 0 Å². The fourth-order valence-electron chi connectivity index (χ4n) is 2.61. The number of pyridine rings is 1. The molecule has 0 saturated carbocycles. The van der Waals surface area contributed by atoms with Crippen molar-refractivity contribution in [3.05, 3.63) is 22.8 Å². The average Bonchev–Trinajstić information content (AvgIpc) is 2.69. The highest BCUT2D eigenvalue weighted by Gasteiger charge is 2.34. The van der Waals surface area contributed by atoms with Crippen molar-refractivity contribution >= 4 is 23.3 Å². The van der Waals surface area contributed by atoms with Crippen LogP contribution in [0.5, 0.6) is 0 Å². The van der Waals surface area contributed by atoms with Gasteiger partial charge in [-0.3, -0.25) is 4.79 Å². The zero-order chi connectivity index (χ0) is 14.2. The van der Waals surface area contributed by atoms with Crippen LogP contribution in [0.3, 0.4) is 0 Å². The van der Waals surface area contributed by atoms with E-state index in [-0.39, 0.29) is 16.9 Å². The first-order chi connectivity index (χ1) is 8.88. The van der Waals surface area contributed by atoms with E-state index in [0.29, 0.717) is 17.5 Å². The molecule has 2 unspecified atom stereocenters. The van der Waals surface area contributed by atoms with E-state index in [9.17, 15) is 4.79 Å². The quantitative estimate of drug-likeness (QED) is 0.832. The summed E-state index contributed by atoms with van der Waals surface area (Å²) < 4.78 is 0. The minimum atomic E-state index is -0.0350. The van der Waals surface area contributed by atoms with Crippen LogP contribution >= 0.6 is 11.6 Å². The van der Waals surface area contributed by atoms with Gasteiger partial charge in [0, 0.05) is 24.7 Å². The molecule has 0 bridgehead atoms. The zero-order valence-corrected chi connectivity index (χ0v) is 12.2. The third-order valence-electron chi connectivity index (χ3n) is 3.58. The monoisotopic (exact) mass is 282 g/mol. The van der Waals surface area contributed by atoms with E-state index >= 15 is 0 Å². The summed E-state index contributed by atoms with van der Waals surface area (Å²) in [5.74, 6) is 0.688. The summed E-state index contributed by atoms with van der Waals surface area (Å²) >= 11 is 5.84. The summed E-state index contributed by atoms with van der Waals surface area (Å²) in [4.78, 5) is 20.3. The molecule has 1 saturated heterocycles. The van der Waals surface area contributed by atoms with Gasteiger partial charge in [-0.25, -0.2) is 4.98 Å². The Morgan fingerprint density at radius 2 is 2.16 bits per heavy atom. The summed E-state index contributed by atoms with van der Waals surface area (Å²) in [6, 6.07) is 3.52. The van der Waals surface area contributed by atoms with E-state index in [1.807, 2.05) is 19.0 Å². The van der Waals surface area contributed by atoms with Gasteiger partial charge < -0.3 is 15.5 Å². The lowest BCUT2D eigenvalue weighted by atomic mass is 10.1. The molecular formula is C13H19ClN4O. The number of hydrogen-bond acceptors (Lipinski definition) is 4. The summed E-state index contributed by atoms with van der Waals surface area (Å²) in [5.41, 5.74) is 6.13. The number of anilines is 1. The van der Waals surface area contributed by atoms with Crippen molar-refractivity contribution < 1.29 is 4.79 Å². The van der Waals surface area contributed by atoms with E-state index in [1.54, 1.807) is 12.1 Å². The van der Waals surface area contributed by atoms with Gasteiger partial charge in [-0.2, -0.15) is 0 Å². The largest absolute Gasteiger partial charge is 0.384 e. The number of nitrogen functional groups attached to an aromatic ring is 1. The molecule has 0 aliphatic carbocycles. The van der Waals surface area contributed by atoms with Crippen molar-refractivity contribution in [1.29, 1.82) is 0 Å². The van der Waals surface area contributed by atoms with Gasteiger partial charge in [-0.05, 0) is 32.1 Å². The minimum Gasteiger partial charge on any atom is -0.384 e. The Kier molecular flexibility index (Phi) is 3.96. The molecule has 0 radical (unpaired) electrons. The Morgan fingerprint density at radius 3 is 2.68 bits per heavy atom. The van der Waals surface area contributed by atoms with Crippen LogP contribution in [0.15, 0.2) is 12.1 Å². The summed E-state index contributed by atoms with van der Waals surface area (Å²) in [7, 11) is 4.08. The van der Waals surface area contributed by atoms with Crippen LogP contribution in [0.1, 0.15) is 17.3 Å². The number of rotatable bonds is 2. The number of hydrogen-bond donors (Lipinski definition) is 1. The molecule has 1 amide bonds. The number of nitrogens with zero attached hydrogens (tertiary/aromatic N) is 3. The second-order valence-electron chi connectivity index (χ2n) is 5.32. The third-order valence-corrected chi connectivity index (χ3v) is 3.78. The maximum atomic E-state index is 12.4. The average molecular weight is 283 g/mol. The van der Waals surface area contributed by atoms with Crippen molar-refractivity contribution in [2.45, 2.75) is 13.0 Å². The lowest BCUT2D eigenvalue weighted by Crippen LogP contribution is -2.35. The van der Waals surface area contributed by atoms with E-state index in [2.05, 4.69) is 16.8 Å².